The molecule has 2 N–H and O–H groups in total. The zero-order chi connectivity index (χ0) is 14.7. The van der Waals surface area contributed by atoms with Crippen molar-refractivity contribution in [3.8, 4) is 0 Å². The summed E-state index contributed by atoms with van der Waals surface area (Å²) < 4.78 is 2.36. The maximum atomic E-state index is 6.26. The lowest BCUT2D eigenvalue weighted by Crippen LogP contribution is -2.25. The minimum atomic E-state index is 0.114. The van der Waals surface area contributed by atoms with Gasteiger partial charge in [0.15, 0.2) is 0 Å². The molecule has 0 aliphatic heterocycles. The van der Waals surface area contributed by atoms with Crippen molar-refractivity contribution in [3.05, 3.63) is 58.0 Å². The number of thiazole rings is 1. The summed E-state index contributed by atoms with van der Waals surface area (Å²) >= 11 is 7.09. The molecular formula is C16H15BrN2S2. The van der Waals surface area contributed by atoms with Gasteiger partial charge in [-0.05, 0) is 40.2 Å². The van der Waals surface area contributed by atoms with Gasteiger partial charge in [0.25, 0.3) is 0 Å². The minimum Gasteiger partial charge on any atom is -0.327 e. The Morgan fingerprint density at radius 2 is 1.90 bits per heavy atom. The van der Waals surface area contributed by atoms with Crippen molar-refractivity contribution in [1.29, 1.82) is 0 Å². The van der Waals surface area contributed by atoms with Gasteiger partial charge in [-0.3, -0.25) is 0 Å². The predicted molar refractivity (Wildman–Crippen MR) is 96.2 cm³/mol. The van der Waals surface area contributed by atoms with Gasteiger partial charge in [0.05, 0.1) is 15.2 Å². The molecule has 3 aromatic rings. The summed E-state index contributed by atoms with van der Waals surface area (Å²) in [7, 11) is 0. The topological polar surface area (TPSA) is 38.9 Å². The van der Waals surface area contributed by atoms with E-state index in [1.54, 1.807) is 23.1 Å². The molecule has 1 aromatic heterocycles. The first-order chi connectivity index (χ1) is 10.2. The van der Waals surface area contributed by atoms with Crippen molar-refractivity contribution >= 4 is 49.2 Å². The van der Waals surface area contributed by atoms with E-state index in [0.717, 1.165) is 27.2 Å². The van der Waals surface area contributed by atoms with Gasteiger partial charge in [-0.25, -0.2) is 4.98 Å². The lowest BCUT2D eigenvalue weighted by atomic mass is 10.2. The summed E-state index contributed by atoms with van der Waals surface area (Å²) in [6.45, 7) is 0. The third-order valence-corrected chi connectivity index (χ3v) is 6.34. The van der Waals surface area contributed by atoms with E-state index in [1.807, 2.05) is 24.3 Å². The number of rotatable bonds is 5. The third-order valence-electron chi connectivity index (χ3n) is 3.06. The third kappa shape index (κ3) is 3.86. The van der Waals surface area contributed by atoms with Crippen LogP contribution in [0.15, 0.2) is 57.9 Å². The molecule has 0 amide bonds. The largest absolute Gasteiger partial charge is 0.327 e. The normalized spacial score (nSPS) is 12.7. The van der Waals surface area contributed by atoms with E-state index in [1.165, 1.54) is 9.60 Å². The average molecular weight is 379 g/mol. The van der Waals surface area contributed by atoms with Crippen molar-refractivity contribution in [3.63, 3.8) is 0 Å². The van der Waals surface area contributed by atoms with Gasteiger partial charge in [-0.2, -0.15) is 0 Å². The Bertz CT molecular complexity index is 709. The number of thioether (sulfide) groups is 1. The molecule has 0 spiro atoms. The van der Waals surface area contributed by atoms with Gasteiger partial charge in [0, 0.05) is 27.6 Å². The fourth-order valence-electron chi connectivity index (χ4n) is 2.05. The van der Waals surface area contributed by atoms with Crippen LogP contribution >= 0.6 is 39.0 Å². The minimum absolute atomic E-state index is 0.114. The maximum absolute atomic E-state index is 6.26. The van der Waals surface area contributed by atoms with E-state index >= 15 is 0 Å². The summed E-state index contributed by atoms with van der Waals surface area (Å²) in [6, 6.07) is 16.6. The monoisotopic (exact) mass is 378 g/mol. The Balaban J connectivity index is 1.61. The Labute approximate surface area is 140 Å². The number of aromatic nitrogens is 1. The smallest absolute Gasteiger partial charge is 0.0954 e. The molecular weight excluding hydrogens is 364 g/mol. The number of fused-ring (bicyclic) bond motifs is 1. The number of halogens is 1. The molecule has 2 nitrogen and oxygen atoms in total. The second-order valence-electron chi connectivity index (χ2n) is 4.78. The fraction of sp³-hybridized carbons (Fsp3) is 0.188. The lowest BCUT2D eigenvalue weighted by molar-refractivity contribution is 0.745. The van der Waals surface area contributed by atoms with Crippen LogP contribution in [0.3, 0.4) is 0 Å². The zero-order valence-corrected chi connectivity index (χ0v) is 14.5. The summed E-state index contributed by atoms with van der Waals surface area (Å²) in [6.07, 6.45) is 0.830. The summed E-state index contributed by atoms with van der Waals surface area (Å²) in [4.78, 5) is 5.88. The lowest BCUT2D eigenvalue weighted by Gasteiger charge is -2.10. The zero-order valence-electron chi connectivity index (χ0n) is 11.3. The van der Waals surface area contributed by atoms with Crippen LogP contribution in [0.2, 0.25) is 0 Å². The average Bonchev–Trinajstić information content (AvgIpc) is 2.88. The molecule has 0 saturated carbocycles. The van der Waals surface area contributed by atoms with Crippen LogP contribution in [0.4, 0.5) is 0 Å². The van der Waals surface area contributed by atoms with Crippen molar-refractivity contribution in [1.82, 2.24) is 4.98 Å². The van der Waals surface area contributed by atoms with E-state index in [-0.39, 0.29) is 6.04 Å². The number of hydrogen-bond acceptors (Lipinski definition) is 4. The molecule has 0 fully saturated rings. The number of benzene rings is 2. The van der Waals surface area contributed by atoms with Gasteiger partial charge in [0.2, 0.25) is 0 Å². The number of nitrogens with zero attached hydrogens (tertiary/aromatic N) is 1. The van der Waals surface area contributed by atoms with Crippen LogP contribution in [0, 0.1) is 0 Å². The van der Waals surface area contributed by atoms with Gasteiger partial charge < -0.3 is 5.73 Å². The van der Waals surface area contributed by atoms with Crippen LogP contribution in [-0.4, -0.2) is 16.8 Å². The molecule has 5 heteroatoms. The molecule has 0 radical (unpaired) electrons. The molecule has 2 aromatic carbocycles. The number of para-hydroxylation sites is 1. The van der Waals surface area contributed by atoms with Crippen LogP contribution in [-0.2, 0) is 6.42 Å². The summed E-state index contributed by atoms with van der Waals surface area (Å²) in [5.74, 6) is 0.887. The molecule has 108 valence electrons. The first-order valence-corrected chi connectivity index (χ1v) is 9.29. The first kappa shape index (κ1) is 15.0. The molecule has 1 unspecified atom stereocenters. The van der Waals surface area contributed by atoms with E-state index in [2.05, 4.69) is 45.2 Å². The molecule has 1 heterocycles. The SMILES string of the molecule is NC(CSc1ccccc1Br)Cc1nc2ccccc2s1. The van der Waals surface area contributed by atoms with Crippen LogP contribution in [0.25, 0.3) is 10.2 Å². The van der Waals surface area contributed by atoms with E-state index in [4.69, 9.17) is 5.73 Å². The van der Waals surface area contributed by atoms with E-state index < -0.39 is 0 Å². The Morgan fingerprint density at radius 3 is 2.71 bits per heavy atom. The molecule has 0 bridgehead atoms. The highest BCUT2D eigenvalue weighted by atomic mass is 79.9. The predicted octanol–water partition coefficient (Wildman–Crippen LogP) is 4.72. The summed E-state index contributed by atoms with van der Waals surface area (Å²) in [5, 5.41) is 1.12. The van der Waals surface area contributed by atoms with Gasteiger partial charge in [-0.1, -0.05) is 24.3 Å². The molecule has 0 saturated heterocycles. The van der Waals surface area contributed by atoms with Gasteiger partial charge >= 0.3 is 0 Å². The van der Waals surface area contributed by atoms with Crippen molar-refractivity contribution in [2.75, 3.05) is 5.75 Å². The molecule has 0 aliphatic rings. The van der Waals surface area contributed by atoms with Gasteiger partial charge in [-0.15, -0.1) is 23.1 Å². The fourth-order valence-corrected chi connectivity index (χ4v) is 4.63. The van der Waals surface area contributed by atoms with E-state index in [9.17, 15) is 0 Å². The Morgan fingerprint density at radius 1 is 1.14 bits per heavy atom. The van der Waals surface area contributed by atoms with Crippen molar-refractivity contribution in [2.45, 2.75) is 17.4 Å². The highest BCUT2D eigenvalue weighted by Gasteiger charge is 2.10. The molecule has 3 rings (SSSR count). The maximum Gasteiger partial charge on any atom is 0.0954 e. The second kappa shape index (κ2) is 6.92. The van der Waals surface area contributed by atoms with Crippen molar-refractivity contribution < 1.29 is 0 Å². The van der Waals surface area contributed by atoms with Crippen LogP contribution in [0.5, 0.6) is 0 Å². The highest BCUT2D eigenvalue weighted by Crippen LogP contribution is 2.28. The summed E-state index contributed by atoms with van der Waals surface area (Å²) in [5.41, 5.74) is 7.33. The first-order valence-electron chi connectivity index (χ1n) is 6.70. The highest BCUT2D eigenvalue weighted by molar-refractivity contribution is 9.10. The van der Waals surface area contributed by atoms with E-state index in [0.29, 0.717) is 0 Å². The van der Waals surface area contributed by atoms with Crippen LogP contribution in [0.1, 0.15) is 5.01 Å². The standard InChI is InChI=1S/C16H15BrN2S2/c17-12-5-1-3-7-14(12)20-10-11(18)9-16-19-13-6-2-4-8-15(13)21-16/h1-8,11H,9-10,18H2. The second-order valence-corrected chi connectivity index (χ2v) is 7.81. The molecule has 1 atom stereocenters. The molecule has 21 heavy (non-hydrogen) atoms. The Hall–Kier alpha value is -0.880. The Kier molecular flexibility index (Phi) is 4.95. The van der Waals surface area contributed by atoms with Gasteiger partial charge in [0.1, 0.15) is 0 Å². The number of nitrogens with two attached hydrogens (primary N) is 1. The quantitative estimate of drug-likeness (QED) is 0.652. The molecule has 0 aliphatic carbocycles. The van der Waals surface area contributed by atoms with Crippen LogP contribution < -0.4 is 5.73 Å². The number of hydrogen-bond donors (Lipinski definition) is 1. The van der Waals surface area contributed by atoms with Crippen molar-refractivity contribution in [2.24, 2.45) is 5.73 Å².